The van der Waals surface area contributed by atoms with Gasteiger partial charge in [0.2, 0.25) is 0 Å². The minimum absolute atomic E-state index is 0.434. The maximum absolute atomic E-state index is 11.9. The molecular weight excluding hydrogens is 312 g/mol. The molecule has 25 heavy (non-hydrogen) atoms. The van der Waals surface area contributed by atoms with Crippen LogP contribution in [0.2, 0.25) is 0 Å². The number of unbranched alkanes of at least 4 members (excludes halogenated alkanes) is 2. The maximum Gasteiger partial charge on any atom is 0.311 e. The van der Waals surface area contributed by atoms with Crippen LogP contribution in [0.3, 0.4) is 0 Å². The van der Waals surface area contributed by atoms with Crippen LogP contribution < -0.4 is 4.74 Å². The van der Waals surface area contributed by atoms with Crippen molar-refractivity contribution >= 4 is 5.97 Å². The molecule has 134 valence electrons. The van der Waals surface area contributed by atoms with Gasteiger partial charge in [0.25, 0.3) is 0 Å². The predicted octanol–water partition coefficient (Wildman–Crippen LogP) is 5.28. The Morgan fingerprint density at radius 3 is 2.56 bits per heavy atom. The second-order valence-corrected chi connectivity index (χ2v) is 6.62. The average molecular weight is 340 g/mol. The fourth-order valence-corrected chi connectivity index (χ4v) is 3.11. The first kappa shape index (κ1) is 19.0. The van der Waals surface area contributed by atoms with E-state index >= 15 is 0 Å². The molecule has 2 aromatic carbocycles. The molecule has 0 spiro atoms. The molecule has 0 amide bonds. The van der Waals surface area contributed by atoms with Crippen molar-refractivity contribution in [2.45, 2.75) is 52.4 Å². The number of benzene rings is 2. The monoisotopic (exact) mass is 340 g/mol. The van der Waals surface area contributed by atoms with Crippen LogP contribution in [-0.2, 0) is 11.2 Å². The van der Waals surface area contributed by atoms with E-state index in [1.807, 2.05) is 56.3 Å². The van der Waals surface area contributed by atoms with Gasteiger partial charge in [-0.05, 0) is 49.4 Å². The van der Waals surface area contributed by atoms with Gasteiger partial charge in [-0.25, -0.2) is 0 Å². The highest BCUT2D eigenvalue weighted by Crippen LogP contribution is 2.29. The summed E-state index contributed by atoms with van der Waals surface area (Å²) in [4.78, 5) is 11.9. The molecule has 2 rings (SSSR count). The lowest BCUT2D eigenvalue weighted by molar-refractivity contribution is -0.138. The first-order chi connectivity index (χ1) is 12.0. The second kappa shape index (κ2) is 9.26. The van der Waals surface area contributed by atoms with Gasteiger partial charge in [-0.2, -0.15) is 0 Å². The molecule has 0 heterocycles. The summed E-state index contributed by atoms with van der Waals surface area (Å²) in [5.41, 5.74) is 3.99. The van der Waals surface area contributed by atoms with Crippen molar-refractivity contribution in [2.24, 2.45) is 0 Å². The van der Waals surface area contributed by atoms with Gasteiger partial charge in [-0.3, -0.25) is 4.79 Å². The lowest BCUT2D eigenvalue weighted by atomic mass is 9.88. The van der Waals surface area contributed by atoms with Crippen molar-refractivity contribution in [3.05, 3.63) is 64.7 Å². The van der Waals surface area contributed by atoms with Crippen LogP contribution in [0.25, 0.3) is 0 Å². The fourth-order valence-electron chi connectivity index (χ4n) is 3.11. The number of para-hydroxylation sites is 1. The molecule has 2 aromatic rings. The van der Waals surface area contributed by atoms with E-state index in [-0.39, 0.29) is 0 Å². The Morgan fingerprint density at radius 1 is 1.12 bits per heavy atom. The minimum atomic E-state index is -0.798. The highest BCUT2D eigenvalue weighted by Gasteiger charge is 2.23. The Kier molecular flexibility index (Phi) is 7.05. The highest BCUT2D eigenvalue weighted by atomic mass is 16.5. The Bertz CT molecular complexity index is 706. The largest absolute Gasteiger partial charge is 0.493 e. The summed E-state index contributed by atoms with van der Waals surface area (Å²) in [6, 6.07) is 13.7. The van der Waals surface area contributed by atoms with Crippen LogP contribution in [0.4, 0.5) is 0 Å². The highest BCUT2D eigenvalue weighted by molar-refractivity contribution is 5.77. The topological polar surface area (TPSA) is 46.5 Å². The van der Waals surface area contributed by atoms with E-state index in [0.29, 0.717) is 13.0 Å². The number of carboxylic acid groups (broad SMARTS) is 1. The molecule has 0 saturated carbocycles. The van der Waals surface area contributed by atoms with E-state index in [1.54, 1.807) is 0 Å². The Hall–Kier alpha value is -2.29. The summed E-state index contributed by atoms with van der Waals surface area (Å²) in [6.07, 6.45) is 3.74. The summed E-state index contributed by atoms with van der Waals surface area (Å²) in [6.45, 7) is 6.83. The van der Waals surface area contributed by atoms with Crippen LogP contribution in [0.1, 0.15) is 54.4 Å². The number of hydrogen-bond acceptors (Lipinski definition) is 2. The van der Waals surface area contributed by atoms with Crippen LogP contribution >= 0.6 is 0 Å². The third kappa shape index (κ3) is 5.35. The molecule has 1 N–H and O–H groups in total. The van der Waals surface area contributed by atoms with Gasteiger partial charge in [0.15, 0.2) is 0 Å². The van der Waals surface area contributed by atoms with Crippen molar-refractivity contribution in [1.29, 1.82) is 0 Å². The number of aryl methyl sites for hydroxylation is 2. The maximum atomic E-state index is 11.9. The van der Waals surface area contributed by atoms with Gasteiger partial charge in [0.05, 0.1) is 12.5 Å². The van der Waals surface area contributed by atoms with Crippen molar-refractivity contribution in [1.82, 2.24) is 0 Å². The zero-order chi connectivity index (χ0) is 18.2. The summed E-state index contributed by atoms with van der Waals surface area (Å²) >= 11 is 0. The summed E-state index contributed by atoms with van der Waals surface area (Å²) in [5, 5.41) is 9.78. The predicted molar refractivity (Wildman–Crippen MR) is 101 cm³/mol. The van der Waals surface area contributed by atoms with E-state index in [2.05, 4.69) is 6.92 Å². The Labute approximate surface area is 150 Å². The quantitative estimate of drug-likeness (QED) is 0.631. The second-order valence-electron chi connectivity index (χ2n) is 6.62. The van der Waals surface area contributed by atoms with Gasteiger partial charge in [0, 0.05) is 0 Å². The first-order valence-corrected chi connectivity index (χ1v) is 9.03. The number of carbonyl (C=O) groups is 1. The first-order valence-electron chi connectivity index (χ1n) is 9.03. The van der Waals surface area contributed by atoms with Gasteiger partial charge >= 0.3 is 5.97 Å². The molecule has 0 fully saturated rings. The van der Waals surface area contributed by atoms with E-state index in [1.165, 1.54) is 0 Å². The van der Waals surface area contributed by atoms with Gasteiger partial charge in [0.1, 0.15) is 5.75 Å². The zero-order valence-corrected chi connectivity index (χ0v) is 15.4. The molecule has 3 heteroatoms. The molecule has 3 nitrogen and oxygen atoms in total. The molecule has 1 atom stereocenters. The number of aliphatic carboxylic acids is 1. The summed E-state index contributed by atoms with van der Waals surface area (Å²) < 4.78 is 5.91. The summed E-state index contributed by atoms with van der Waals surface area (Å²) in [5.74, 6) is -0.566. The normalized spacial score (nSPS) is 12.0. The lowest BCUT2D eigenvalue weighted by Crippen LogP contribution is -2.16. The number of hydrogen-bond donors (Lipinski definition) is 1. The average Bonchev–Trinajstić information content (AvgIpc) is 2.58. The van der Waals surface area contributed by atoms with Gasteiger partial charge in [-0.1, -0.05) is 61.7 Å². The number of rotatable bonds is 9. The zero-order valence-electron chi connectivity index (χ0n) is 15.4. The molecule has 0 bridgehead atoms. The van der Waals surface area contributed by atoms with Gasteiger partial charge < -0.3 is 9.84 Å². The van der Waals surface area contributed by atoms with E-state index in [9.17, 15) is 9.90 Å². The van der Waals surface area contributed by atoms with Crippen molar-refractivity contribution in [2.75, 3.05) is 6.61 Å². The molecule has 0 radical (unpaired) electrons. The van der Waals surface area contributed by atoms with Crippen LogP contribution in [0.5, 0.6) is 5.75 Å². The standard InChI is InChI=1S/C22H28O3/c1-4-5-8-13-25-21-10-7-6-9-18(21)15-20(22(23)24)19-12-11-16(2)14-17(19)3/h6-7,9-12,14,20H,4-5,8,13,15H2,1-3H3,(H,23,24). The smallest absolute Gasteiger partial charge is 0.311 e. The molecular formula is C22H28O3. The molecule has 0 aliphatic rings. The van der Waals surface area contributed by atoms with Crippen LogP contribution in [-0.4, -0.2) is 17.7 Å². The van der Waals surface area contributed by atoms with Crippen LogP contribution in [0, 0.1) is 13.8 Å². The molecule has 1 unspecified atom stereocenters. The van der Waals surface area contributed by atoms with E-state index in [4.69, 9.17) is 4.74 Å². The Balaban J connectivity index is 2.21. The fraction of sp³-hybridized carbons (Fsp3) is 0.409. The van der Waals surface area contributed by atoms with E-state index in [0.717, 1.165) is 47.3 Å². The molecule has 0 aliphatic carbocycles. The summed E-state index contributed by atoms with van der Waals surface area (Å²) in [7, 11) is 0. The number of carboxylic acids is 1. The third-order valence-corrected chi connectivity index (χ3v) is 4.50. The van der Waals surface area contributed by atoms with Gasteiger partial charge in [-0.15, -0.1) is 0 Å². The SMILES string of the molecule is CCCCCOc1ccccc1CC(C(=O)O)c1ccc(C)cc1C. The van der Waals surface area contributed by atoms with Crippen molar-refractivity contribution in [3.8, 4) is 5.75 Å². The number of ether oxygens (including phenoxy) is 1. The Morgan fingerprint density at radius 2 is 1.88 bits per heavy atom. The minimum Gasteiger partial charge on any atom is -0.493 e. The molecule has 0 saturated heterocycles. The van der Waals surface area contributed by atoms with Crippen molar-refractivity contribution < 1.29 is 14.6 Å². The molecule has 0 aliphatic heterocycles. The molecule has 0 aromatic heterocycles. The van der Waals surface area contributed by atoms with Crippen molar-refractivity contribution in [3.63, 3.8) is 0 Å². The van der Waals surface area contributed by atoms with E-state index < -0.39 is 11.9 Å². The third-order valence-electron chi connectivity index (χ3n) is 4.50. The lowest BCUT2D eigenvalue weighted by Gasteiger charge is -2.18. The van der Waals surface area contributed by atoms with Crippen LogP contribution in [0.15, 0.2) is 42.5 Å².